The van der Waals surface area contributed by atoms with Gasteiger partial charge in [-0.2, -0.15) is 4.31 Å². The number of hydrogen-bond acceptors (Lipinski definition) is 2. The largest absolute Gasteiger partial charge is 0.243 e. The fourth-order valence-corrected chi connectivity index (χ4v) is 4.21. The minimum atomic E-state index is -3.19. The first-order valence-corrected chi connectivity index (χ1v) is 7.22. The van der Waals surface area contributed by atoms with Gasteiger partial charge in [-0.05, 0) is 37.8 Å². The highest BCUT2D eigenvalue weighted by Gasteiger charge is 2.40. The van der Waals surface area contributed by atoms with Gasteiger partial charge in [-0.3, -0.25) is 0 Å². The van der Waals surface area contributed by atoms with Crippen LogP contribution in [-0.2, 0) is 10.0 Å². The van der Waals surface area contributed by atoms with Crippen LogP contribution in [0.1, 0.15) is 34.1 Å². The molecule has 0 aromatic carbocycles. The van der Waals surface area contributed by atoms with E-state index in [0.29, 0.717) is 17.4 Å². The molecule has 0 saturated carbocycles. The van der Waals surface area contributed by atoms with E-state index in [9.17, 15) is 8.42 Å². The summed E-state index contributed by atoms with van der Waals surface area (Å²) in [5, 5.41) is 0. The molecule has 2 aliphatic rings. The average Bonchev–Trinajstić information content (AvgIpc) is 2.65. The van der Waals surface area contributed by atoms with Gasteiger partial charge in [0.25, 0.3) is 0 Å². The van der Waals surface area contributed by atoms with Gasteiger partial charge in [0.15, 0.2) is 0 Å². The summed E-state index contributed by atoms with van der Waals surface area (Å²) in [5.74, 6) is 0.438. The van der Waals surface area contributed by atoms with Gasteiger partial charge in [0.2, 0.25) is 10.0 Å². The van der Waals surface area contributed by atoms with Crippen LogP contribution < -0.4 is 0 Å². The maximum Gasteiger partial charge on any atom is 0.243 e. The highest BCUT2D eigenvalue weighted by molar-refractivity contribution is 7.93. The zero-order chi connectivity index (χ0) is 12.1. The van der Waals surface area contributed by atoms with Gasteiger partial charge in [0.05, 0.1) is 4.91 Å². The van der Waals surface area contributed by atoms with Crippen molar-refractivity contribution >= 4 is 10.0 Å². The predicted molar refractivity (Wildman–Crippen MR) is 65.3 cm³/mol. The second-order valence-corrected chi connectivity index (χ2v) is 7.02. The van der Waals surface area contributed by atoms with E-state index in [0.717, 1.165) is 12.0 Å². The third kappa shape index (κ3) is 1.64. The Balaban J connectivity index is 2.34. The molecule has 0 fully saturated rings. The number of allylic oxidation sites excluding steroid dienone is 2. The van der Waals surface area contributed by atoms with E-state index in [1.165, 1.54) is 5.57 Å². The first-order valence-electron chi connectivity index (χ1n) is 5.78. The molecular formula is C12H19NO2S. The third-order valence-electron chi connectivity index (χ3n) is 3.33. The standard InChI is InChI=1S/C12H19NO2S/c1-8(2)10-5-11-7-13(9(3)4)16(14,15)12(11)6-10/h6,8-9H,5,7H2,1-4H3. The lowest BCUT2D eigenvalue weighted by Gasteiger charge is -2.21. The summed E-state index contributed by atoms with van der Waals surface area (Å²) in [6.45, 7) is 8.66. The van der Waals surface area contributed by atoms with Crippen molar-refractivity contribution in [1.29, 1.82) is 0 Å². The van der Waals surface area contributed by atoms with Crippen LogP contribution in [0.25, 0.3) is 0 Å². The van der Waals surface area contributed by atoms with E-state index in [4.69, 9.17) is 0 Å². The normalized spacial score (nSPS) is 24.5. The van der Waals surface area contributed by atoms with Gasteiger partial charge >= 0.3 is 0 Å². The Bertz CT molecular complexity index is 469. The first kappa shape index (κ1) is 11.9. The number of nitrogens with zero attached hydrogens (tertiary/aromatic N) is 1. The summed E-state index contributed by atoms with van der Waals surface area (Å²) >= 11 is 0. The molecular weight excluding hydrogens is 222 g/mol. The lowest BCUT2D eigenvalue weighted by Crippen LogP contribution is -2.33. The molecule has 90 valence electrons. The van der Waals surface area contributed by atoms with Crippen LogP contribution in [0.15, 0.2) is 22.1 Å². The first-order chi connectivity index (χ1) is 7.34. The second-order valence-electron chi connectivity index (χ2n) is 5.16. The van der Waals surface area contributed by atoms with Crippen molar-refractivity contribution in [1.82, 2.24) is 4.31 Å². The highest BCUT2D eigenvalue weighted by atomic mass is 32.2. The average molecular weight is 241 g/mol. The third-order valence-corrected chi connectivity index (χ3v) is 5.46. The van der Waals surface area contributed by atoms with E-state index in [2.05, 4.69) is 13.8 Å². The molecule has 0 unspecified atom stereocenters. The molecule has 0 radical (unpaired) electrons. The van der Waals surface area contributed by atoms with Crippen molar-refractivity contribution in [2.45, 2.75) is 40.2 Å². The van der Waals surface area contributed by atoms with Gasteiger partial charge < -0.3 is 0 Å². The molecule has 0 N–H and O–H groups in total. The van der Waals surface area contributed by atoms with Crippen molar-refractivity contribution in [3.63, 3.8) is 0 Å². The number of hydrogen-bond donors (Lipinski definition) is 0. The minimum absolute atomic E-state index is 0.0477. The Hall–Kier alpha value is -0.610. The molecule has 16 heavy (non-hydrogen) atoms. The summed E-state index contributed by atoms with van der Waals surface area (Å²) in [4.78, 5) is 0.574. The molecule has 0 aromatic rings. The fourth-order valence-electron chi connectivity index (χ4n) is 2.28. The van der Waals surface area contributed by atoms with Crippen LogP contribution in [0.2, 0.25) is 0 Å². The van der Waals surface area contributed by atoms with Crippen molar-refractivity contribution in [3.05, 3.63) is 22.1 Å². The maximum absolute atomic E-state index is 12.2. The Morgan fingerprint density at radius 3 is 2.31 bits per heavy atom. The van der Waals surface area contributed by atoms with Crippen LogP contribution in [0.4, 0.5) is 0 Å². The Labute approximate surface area is 97.9 Å². The number of rotatable bonds is 2. The minimum Gasteiger partial charge on any atom is -0.207 e. The molecule has 0 bridgehead atoms. The van der Waals surface area contributed by atoms with E-state index >= 15 is 0 Å². The Kier molecular flexibility index (Phi) is 2.75. The molecule has 4 heteroatoms. The molecule has 1 heterocycles. The van der Waals surface area contributed by atoms with Crippen molar-refractivity contribution in [3.8, 4) is 0 Å². The summed E-state index contributed by atoms with van der Waals surface area (Å²) in [5.41, 5.74) is 2.33. The Morgan fingerprint density at radius 2 is 1.88 bits per heavy atom. The lowest BCUT2D eigenvalue weighted by atomic mass is 10.0. The fraction of sp³-hybridized carbons (Fsp3) is 0.667. The topological polar surface area (TPSA) is 37.4 Å². The molecule has 1 aliphatic heterocycles. The summed E-state index contributed by atoms with van der Waals surface area (Å²) in [6.07, 6.45) is 2.73. The summed E-state index contributed by atoms with van der Waals surface area (Å²) < 4.78 is 26.0. The molecule has 0 spiro atoms. The van der Waals surface area contributed by atoms with Gasteiger partial charge in [-0.25, -0.2) is 8.42 Å². The maximum atomic E-state index is 12.2. The molecule has 0 saturated heterocycles. The molecule has 2 rings (SSSR count). The summed E-state index contributed by atoms with van der Waals surface area (Å²) in [7, 11) is -3.19. The summed E-state index contributed by atoms with van der Waals surface area (Å²) in [6, 6.07) is 0.0477. The van der Waals surface area contributed by atoms with E-state index in [-0.39, 0.29) is 6.04 Å². The molecule has 1 aliphatic carbocycles. The van der Waals surface area contributed by atoms with Crippen molar-refractivity contribution in [2.75, 3.05) is 6.54 Å². The highest BCUT2D eigenvalue weighted by Crippen LogP contribution is 2.40. The van der Waals surface area contributed by atoms with Gasteiger partial charge in [0.1, 0.15) is 0 Å². The molecule has 0 amide bonds. The van der Waals surface area contributed by atoms with E-state index in [1.54, 1.807) is 4.31 Å². The zero-order valence-corrected chi connectivity index (χ0v) is 11.1. The van der Waals surface area contributed by atoms with Gasteiger partial charge in [-0.15, -0.1) is 0 Å². The van der Waals surface area contributed by atoms with Crippen LogP contribution in [0.5, 0.6) is 0 Å². The molecule has 0 atom stereocenters. The van der Waals surface area contributed by atoms with Crippen LogP contribution in [-0.4, -0.2) is 25.3 Å². The predicted octanol–water partition coefficient (Wildman–Crippen LogP) is 2.28. The smallest absolute Gasteiger partial charge is 0.207 e. The van der Waals surface area contributed by atoms with Crippen LogP contribution >= 0.6 is 0 Å². The SMILES string of the molecule is CC(C)C1=CC2=C(C1)CN(C(C)C)S2(=O)=O. The van der Waals surface area contributed by atoms with Gasteiger partial charge in [0, 0.05) is 12.6 Å². The zero-order valence-electron chi connectivity index (χ0n) is 10.3. The van der Waals surface area contributed by atoms with E-state index < -0.39 is 10.0 Å². The van der Waals surface area contributed by atoms with Crippen molar-refractivity contribution in [2.24, 2.45) is 5.92 Å². The quantitative estimate of drug-likeness (QED) is 0.744. The number of sulfonamides is 1. The van der Waals surface area contributed by atoms with E-state index in [1.807, 2.05) is 19.9 Å². The molecule has 3 nitrogen and oxygen atoms in total. The monoisotopic (exact) mass is 241 g/mol. The Morgan fingerprint density at radius 1 is 1.25 bits per heavy atom. The lowest BCUT2D eigenvalue weighted by molar-refractivity contribution is 0.388. The molecule has 0 aromatic heterocycles. The van der Waals surface area contributed by atoms with Crippen LogP contribution in [0.3, 0.4) is 0 Å². The van der Waals surface area contributed by atoms with Crippen LogP contribution in [0, 0.1) is 5.92 Å². The second kappa shape index (κ2) is 3.70. The van der Waals surface area contributed by atoms with Gasteiger partial charge in [-0.1, -0.05) is 19.4 Å². The van der Waals surface area contributed by atoms with Crippen molar-refractivity contribution < 1.29 is 8.42 Å².